The van der Waals surface area contributed by atoms with Crippen molar-refractivity contribution in [2.75, 3.05) is 5.32 Å². The van der Waals surface area contributed by atoms with Crippen LogP contribution in [0.3, 0.4) is 0 Å². The van der Waals surface area contributed by atoms with Crippen LogP contribution in [-0.2, 0) is 4.79 Å². The molecule has 1 aromatic rings. The Kier molecular flexibility index (Phi) is 3.49. The summed E-state index contributed by atoms with van der Waals surface area (Å²) in [6, 6.07) is 1.40. The van der Waals surface area contributed by atoms with E-state index >= 15 is 0 Å². The average molecular weight is 243 g/mol. The fraction of sp³-hybridized carbons (Fsp3) is 0.300. The third kappa shape index (κ3) is 2.30. The van der Waals surface area contributed by atoms with Crippen molar-refractivity contribution in [3.05, 3.63) is 32.3 Å². The second kappa shape index (κ2) is 4.49. The molecule has 6 heteroatoms. The molecule has 0 saturated carbocycles. The summed E-state index contributed by atoms with van der Waals surface area (Å²) in [5, 5.41) is 13.5. The van der Waals surface area contributed by atoms with Crippen LogP contribution in [0.15, 0.2) is 6.07 Å². The van der Waals surface area contributed by atoms with Crippen LogP contribution in [0.25, 0.3) is 0 Å². The van der Waals surface area contributed by atoms with Crippen LogP contribution in [0.1, 0.15) is 18.1 Å². The molecule has 0 fully saturated rings. The van der Waals surface area contributed by atoms with Crippen molar-refractivity contribution in [3.63, 3.8) is 0 Å². The Morgan fingerprint density at radius 2 is 2.06 bits per heavy atom. The lowest BCUT2D eigenvalue weighted by molar-refractivity contribution is -0.385. The predicted molar refractivity (Wildman–Crippen MR) is 61.9 cm³/mol. The average Bonchev–Trinajstić information content (AvgIpc) is 2.17. The number of nitrogens with zero attached hydrogens (tertiary/aromatic N) is 1. The molecule has 0 atom stereocenters. The van der Waals surface area contributed by atoms with Gasteiger partial charge in [-0.25, -0.2) is 0 Å². The molecule has 0 spiro atoms. The third-order valence-electron chi connectivity index (χ3n) is 2.18. The van der Waals surface area contributed by atoms with Crippen LogP contribution in [0, 0.1) is 24.0 Å². The van der Waals surface area contributed by atoms with Crippen molar-refractivity contribution in [2.45, 2.75) is 20.8 Å². The molecule has 0 saturated heterocycles. The standard InChI is InChI=1S/C10H11ClN2O3/c1-5-4-8(13(15)16)6(2)9(11)10(5)12-7(3)14/h4H,1-3H3,(H,12,14). The maximum Gasteiger partial charge on any atom is 0.274 e. The monoisotopic (exact) mass is 242 g/mol. The van der Waals surface area contributed by atoms with Gasteiger partial charge in [-0.15, -0.1) is 0 Å². The maximum absolute atomic E-state index is 10.9. The Balaban J connectivity index is 3.39. The summed E-state index contributed by atoms with van der Waals surface area (Å²) in [6.45, 7) is 4.56. The molecule has 1 N–H and O–H groups in total. The Hall–Kier alpha value is -1.62. The molecule has 1 aromatic carbocycles. The molecule has 0 aliphatic heterocycles. The van der Waals surface area contributed by atoms with Gasteiger partial charge in [0.05, 0.1) is 15.6 Å². The topological polar surface area (TPSA) is 72.2 Å². The third-order valence-corrected chi connectivity index (χ3v) is 2.65. The molecule has 1 rings (SSSR count). The molecule has 0 radical (unpaired) electrons. The van der Waals surface area contributed by atoms with Crippen LogP contribution in [-0.4, -0.2) is 10.8 Å². The van der Waals surface area contributed by atoms with E-state index in [2.05, 4.69) is 5.32 Å². The highest BCUT2D eigenvalue weighted by Crippen LogP contribution is 2.35. The lowest BCUT2D eigenvalue weighted by Crippen LogP contribution is -2.09. The van der Waals surface area contributed by atoms with Crippen molar-refractivity contribution >= 4 is 28.9 Å². The van der Waals surface area contributed by atoms with E-state index in [-0.39, 0.29) is 16.6 Å². The molecule has 0 heterocycles. The van der Waals surface area contributed by atoms with Crippen molar-refractivity contribution in [1.29, 1.82) is 0 Å². The van der Waals surface area contributed by atoms with Crippen LogP contribution in [0.5, 0.6) is 0 Å². The minimum absolute atomic E-state index is 0.0448. The summed E-state index contributed by atoms with van der Waals surface area (Å²) in [4.78, 5) is 21.2. The minimum atomic E-state index is -0.494. The van der Waals surface area contributed by atoms with E-state index in [1.54, 1.807) is 13.8 Å². The van der Waals surface area contributed by atoms with Crippen LogP contribution in [0.2, 0.25) is 5.02 Å². The van der Waals surface area contributed by atoms with Crippen molar-refractivity contribution < 1.29 is 9.72 Å². The van der Waals surface area contributed by atoms with E-state index in [9.17, 15) is 14.9 Å². The van der Waals surface area contributed by atoms with Gasteiger partial charge in [0.15, 0.2) is 0 Å². The number of anilines is 1. The molecule has 1 amide bonds. The van der Waals surface area contributed by atoms with Gasteiger partial charge < -0.3 is 5.32 Å². The quantitative estimate of drug-likeness (QED) is 0.640. The Morgan fingerprint density at radius 1 is 1.50 bits per heavy atom. The zero-order valence-corrected chi connectivity index (χ0v) is 9.88. The Bertz CT molecular complexity index is 472. The lowest BCUT2D eigenvalue weighted by atomic mass is 10.1. The first kappa shape index (κ1) is 12.4. The highest BCUT2D eigenvalue weighted by molar-refractivity contribution is 6.35. The highest BCUT2D eigenvalue weighted by Gasteiger charge is 2.19. The van der Waals surface area contributed by atoms with Crippen LogP contribution in [0.4, 0.5) is 11.4 Å². The van der Waals surface area contributed by atoms with E-state index < -0.39 is 4.92 Å². The number of aryl methyl sites for hydroxylation is 1. The molecule has 0 unspecified atom stereocenters. The van der Waals surface area contributed by atoms with E-state index in [1.807, 2.05) is 0 Å². The normalized spacial score (nSPS) is 10.0. The van der Waals surface area contributed by atoms with E-state index in [0.29, 0.717) is 16.8 Å². The molecular weight excluding hydrogens is 232 g/mol. The molecule has 0 aliphatic rings. The van der Waals surface area contributed by atoms with Crippen LogP contribution < -0.4 is 5.32 Å². The van der Waals surface area contributed by atoms with Gasteiger partial charge in [-0.1, -0.05) is 11.6 Å². The van der Waals surface area contributed by atoms with E-state index in [0.717, 1.165) is 0 Å². The number of carbonyl (C=O) groups is 1. The van der Waals surface area contributed by atoms with Gasteiger partial charge in [0.25, 0.3) is 5.69 Å². The summed E-state index contributed by atoms with van der Waals surface area (Å²) in [5.41, 5.74) is 1.30. The smallest absolute Gasteiger partial charge is 0.274 e. The second-order valence-electron chi connectivity index (χ2n) is 3.46. The summed E-state index contributed by atoms with van der Waals surface area (Å²) >= 11 is 5.97. The first-order valence-corrected chi connectivity index (χ1v) is 4.94. The zero-order valence-electron chi connectivity index (χ0n) is 9.13. The molecule has 86 valence electrons. The van der Waals surface area contributed by atoms with Crippen molar-refractivity contribution in [3.8, 4) is 0 Å². The molecule has 16 heavy (non-hydrogen) atoms. The second-order valence-corrected chi connectivity index (χ2v) is 3.84. The number of nitro benzene ring substituents is 1. The highest BCUT2D eigenvalue weighted by atomic mass is 35.5. The molecule has 0 bridgehead atoms. The number of nitrogens with one attached hydrogen (secondary N) is 1. The number of rotatable bonds is 2. The largest absolute Gasteiger partial charge is 0.325 e. The van der Waals surface area contributed by atoms with Gasteiger partial charge in [-0.2, -0.15) is 0 Å². The number of nitro groups is 1. The van der Waals surface area contributed by atoms with Gasteiger partial charge >= 0.3 is 0 Å². The maximum atomic E-state index is 10.9. The molecule has 0 aliphatic carbocycles. The van der Waals surface area contributed by atoms with E-state index in [4.69, 9.17) is 11.6 Å². The fourth-order valence-corrected chi connectivity index (χ4v) is 1.67. The number of carbonyl (C=O) groups excluding carboxylic acids is 1. The number of hydrogen-bond donors (Lipinski definition) is 1. The summed E-state index contributed by atoms with van der Waals surface area (Å²) in [6.07, 6.45) is 0. The van der Waals surface area contributed by atoms with Gasteiger partial charge in [-0.05, 0) is 19.4 Å². The number of benzene rings is 1. The fourth-order valence-electron chi connectivity index (χ4n) is 1.38. The summed E-state index contributed by atoms with van der Waals surface area (Å²) < 4.78 is 0. The first-order valence-electron chi connectivity index (χ1n) is 4.56. The number of amides is 1. The number of hydrogen-bond acceptors (Lipinski definition) is 3. The van der Waals surface area contributed by atoms with Crippen molar-refractivity contribution in [1.82, 2.24) is 0 Å². The van der Waals surface area contributed by atoms with Crippen molar-refractivity contribution in [2.24, 2.45) is 0 Å². The van der Waals surface area contributed by atoms with Gasteiger partial charge in [0, 0.05) is 18.6 Å². The van der Waals surface area contributed by atoms with Gasteiger partial charge in [0.2, 0.25) is 5.91 Å². The molecular formula is C10H11ClN2O3. The Morgan fingerprint density at radius 3 is 2.50 bits per heavy atom. The summed E-state index contributed by atoms with van der Waals surface area (Å²) in [7, 11) is 0. The minimum Gasteiger partial charge on any atom is -0.325 e. The van der Waals surface area contributed by atoms with E-state index in [1.165, 1.54) is 13.0 Å². The lowest BCUT2D eigenvalue weighted by Gasteiger charge is -2.11. The van der Waals surface area contributed by atoms with Gasteiger partial charge in [0.1, 0.15) is 0 Å². The first-order chi connectivity index (χ1) is 7.34. The SMILES string of the molecule is CC(=O)Nc1c(C)cc([N+](=O)[O-])c(C)c1Cl. The Labute approximate surface area is 97.6 Å². The molecule has 5 nitrogen and oxygen atoms in total. The number of halogens is 1. The predicted octanol–water partition coefficient (Wildman–Crippen LogP) is 2.82. The van der Waals surface area contributed by atoms with Gasteiger partial charge in [-0.3, -0.25) is 14.9 Å². The molecule has 0 aromatic heterocycles. The van der Waals surface area contributed by atoms with Crippen LogP contribution >= 0.6 is 11.6 Å². The zero-order chi connectivity index (χ0) is 12.5. The summed E-state index contributed by atoms with van der Waals surface area (Å²) in [5.74, 6) is -0.266.